The molecule has 1 aromatic heterocycles. The van der Waals surface area contributed by atoms with Gasteiger partial charge in [0.05, 0.1) is 29.4 Å². The quantitative estimate of drug-likeness (QED) is 0.580. The van der Waals surface area contributed by atoms with Gasteiger partial charge in [0.1, 0.15) is 6.04 Å². The van der Waals surface area contributed by atoms with Crippen molar-refractivity contribution >= 4 is 22.9 Å². The van der Waals surface area contributed by atoms with Crippen LogP contribution in [-0.2, 0) is 26.9 Å². The van der Waals surface area contributed by atoms with Gasteiger partial charge in [-0.1, -0.05) is 24.3 Å². The largest absolute Gasteiger partial charge is 0.467 e. The number of amides is 1. The molecule has 0 saturated heterocycles. The van der Waals surface area contributed by atoms with Crippen LogP contribution in [0.4, 0.5) is 13.2 Å². The Bertz CT molecular complexity index is 1090. The molecule has 2 aromatic carbocycles. The van der Waals surface area contributed by atoms with Crippen molar-refractivity contribution in [3.8, 4) is 0 Å². The second kappa shape index (κ2) is 9.09. The first-order valence-corrected chi connectivity index (χ1v) is 9.13. The van der Waals surface area contributed by atoms with Gasteiger partial charge in [0.25, 0.3) is 5.91 Å². The lowest BCUT2D eigenvalue weighted by molar-refractivity contribution is -0.146. The monoisotopic (exact) mass is 433 g/mol. The SMILES string of the molecule is COC(=O)[C@H](Cc1cnc2ccccc2n1)NC(=O)[C@H](O)c1ccc(C(F)(F)F)cc1. The summed E-state index contributed by atoms with van der Waals surface area (Å²) < 4.78 is 42.7. The van der Waals surface area contributed by atoms with Gasteiger partial charge in [-0.15, -0.1) is 0 Å². The highest BCUT2D eigenvalue weighted by Gasteiger charge is 2.31. The van der Waals surface area contributed by atoms with E-state index in [4.69, 9.17) is 4.74 Å². The number of nitrogens with one attached hydrogen (secondary N) is 1. The first-order chi connectivity index (χ1) is 14.7. The molecule has 1 amide bonds. The number of halogens is 3. The fourth-order valence-electron chi connectivity index (χ4n) is 2.89. The third-order valence-electron chi connectivity index (χ3n) is 4.52. The molecule has 0 spiro atoms. The third kappa shape index (κ3) is 5.34. The van der Waals surface area contributed by atoms with E-state index in [0.29, 0.717) is 16.7 Å². The van der Waals surface area contributed by atoms with Crippen LogP contribution < -0.4 is 5.32 Å². The summed E-state index contributed by atoms with van der Waals surface area (Å²) in [6.07, 6.45) is -4.92. The van der Waals surface area contributed by atoms with Crippen LogP contribution in [0.15, 0.2) is 54.7 Å². The molecule has 0 unspecified atom stereocenters. The van der Waals surface area contributed by atoms with Crippen molar-refractivity contribution in [3.63, 3.8) is 0 Å². The second-order valence-electron chi connectivity index (χ2n) is 6.66. The normalized spacial score (nSPS) is 13.5. The second-order valence-corrected chi connectivity index (χ2v) is 6.66. The molecule has 2 N–H and O–H groups in total. The van der Waals surface area contributed by atoms with E-state index in [9.17, 15) is 27.9 Å². The molecule has 3 aromatic rings. The number of carbonyl (C=O) groups excluding carboxylic acids is 2. The zero-order valence-electron chi connectivity index (χ0n) is 16.3. The Kier molecular flexibility index (Phi) is 6.50. The number of para-hydroxylation sites is 2. The lowest BCUT2D eigenvalue weighted by atomic mass is 10.0. The highest BCUT2D eigenvalue weighted by molar-refractivity contribution is 5.87. The minimum atomic E-state index is -4.54. The fraction of sp³-hybridized carbons (Fsp3) is 0.238. The Morgan fingerprint density at radius 2 is 1.74 bits per heavy atom. The molecule has 3 rings (SSSR count). The predicted molar refractivity (Wildman–Crippen MR) is 104 cm³/mol. The predicted octanol–water partition coefficient (Wildman–Crippen LogP) is 2.58. The first kappa shape index (κ1) is 22.2. The minimum Gasteiger partial charge on any atom is -0.467 e. The molecule has 0 saturated carbocycles. The van der Waals surface area contributed by atoms with Crippen LogP contribution in [0.25, 0.3) is 11.0 Å². The summed E-state index contributed by atoms with van der Waals surface area (Å²) in [4.78, 5) is 33.2. The zero-order valence-corrected chi connectivity index (χ0v) is 16.3. The minimum absolute atomic E-state index is 0.0559. The van der Waals surface area contributed by atoms with Gasteiger partial charge in [-0.05, 0) is 29.8 Å². The lowest BCUT2D eigenvalue weighted by Gasteiger charge is -2.19. The molecular formula is C21H18F3N3O4. The van der Waals surface area contributed by atoms with Crippen LogP contribution >= 0.6 is 0 Å². The summed E-state index contributed by atoms with van der Waals surface area (Å²) in [5.41, 5.74) is 0.687. The number of aliphatic hydroxyl groups excluding tert-OH is 1. The van der Waals surface area contributed by atoms with E-state index in [-0.39, 0.29) is 12.0 Å². The number of hydrogen-bond acceptors (Lipinski definition) is 6. The Labute approximate surface area is 174 Å². The highest BCUT2D eigenvalue weighted by atomic mass is 19.4. The van der Waals surface area contributed by atoms with E-state index in [1.807, 2.05) is 0 Å². The van der Waals surface area contributed by atoms with Crippen LogP contribution in [-0.4, -0.2) is 40.1 Å². The number of aromatic nitrogens is 2. The summed E-state index contributed by atoms with van der Waals surface area (Å²) in [5.74, 6) is -1.74. The van der Waals surface area contributed by atoms with Crippen molar-refractivity contribution in [1.29, 1.82) is 0 Å². The highest BCUT2D eigenvalue weighted by Crippen LogP contribution is 2.30. The van der Waals surface area contributed by atoms with Crippen LogP contribution in [0, 0.1) is 0 Å². The molecule has 0 aliphatic carbocycles. The molecular weight excluding hydrogens is 415 g/mol. The molecule has 0 fully saturated rings. The molecule has 1 heterocycles. The first-order valence-electron chi connectivity index (χ1n) is 9.13. The average Bonchev–Trinajstić information content (AvgIpc) is 2.77. The number of nitrogens with zero attached hydrogens (tertiary/aromatic N) is 2. The zero-order chi connectivity index (χ0) is 22.6. The number of rotatable bonds is 6. The Morgan fingerprint density at radius 1 is 1.10 bits per heavy atom. The number of alkyl halides is 3. The van der Waals surface area contributed by atoms with E-state index in [0.717, 1.165) is 31.4 Å². The van der Waals surface area contributed by atoms with Crippen molar-refractivity contribution in [3.05, 3.63) is 71.5 Å². The number of ether oxygens (including phenoxy) is 1. The maximum absolute atomic E-state index is 12.7. The Balaban J connectivity index is 1.75. The molecule has 10 heteroatoms. The molecule has 2 atom stereocenters. The Hall–Kier alpha value is -3.53. The summed E-state index contributed by atoms with van der Waals surface area (Å²) in [7, 11) is 1.14. The molecule has 162 valence electrons. The lowest BCUT2D eigenvalue weighted by Crippen LogP contribution is -2.45. The van der Waals surface area contributed by atoms with Crippen LogP contribution in [0.3, 0.4) is 0 Å². The van der Waals surface area contributed by atoms with Gasteiger partial charge in [-0.3, -0.25) is 9.78 Å². The van der Waals surface area contributed by atoms with Gasteiger partial charge in [0.15, 0.2) is 6.10 Å². The van der Waals surface area contributed by atoms with Gasteiger partial charge in [-0.2, -0.15) is 13.2 Å². The summed E-state index contributed by atoms with van der Waals surface area (Å²) in [6.45, 7) is 0. The Morgan fingerprint density at radius 3 is 2.35 bits per heavy atom. The maximum atomic E-state index is 12.7. The third-order valence-corrected chi connectivity index (χ3v) is 4.52. The molecule has 0 bridgehead atoms. The van der Waals surface area contributed by atoms with E-state index in [1.165, 1.54) is 6.20 Å². The van der Waals surface area contributed by atoms with Gasteiger partial charge in [0.2, 0.25) is 0 Å². The van der Waals surface area contributed by atoms with Crippen LogP contribution in [0.1, 0.15) is 22.9 Å². The smallest absolute Gasteiger partial charge is 0.416 e. The molecule has 0 aliphatic heterocycles. The van der Waals surface area contributed by atoms with Gasteiger partial charge in [0, 0.05) is 12.6 Å². The number of benzene rings is 2. The van der Waals surface area contributed by atoms with Crippen LogP contribution in [0.5, 0.6) is 0 Å². The van der Waals surface area contributed by atoms with Crippen molar-refractivity contribution in [2.45, 2.75) is 24.7 Å². The standard InChI is InChI=1S/C21H18F3N3O4/c1-31-20(30)17(10-14-11-25-15-4-2-3-5-16(15)26-14)27-19(29)18(28)12-6-8-13(9-7-12)21(22,23)24/h2-9,11,17-18,28H,10H2,1H3,(H,27,29)/t17-,18+/m0/s1. The summed E-state index contributed by atoms with van der Waals surface area (Å²) >= 11 is 0. The number of methoxy groups -OCH3 is 1. The van der Waals surface area contributed by atoms with E-state index < -0.39 is 35.8 Å². The van der Waals surface area contributed by atoms with E-state index in [2.05, 4.69) is 15.3 Å². The fourth-order valence-corrected chi connectivity index (χ4v) is 2.89. The van der Waals surface area contributed by atoms with Gasteiger partial charge in [-0.25, -0.2) is 9.78 Å². The van der Waals surface area contributed by atoms with Gasteiger partial charge >= 0.3 is 12.1 Å². The molecule has 31 heavy (non-hydrogen) atoms. The summed E-state index contributed by atoms with van der Waals surface area (Å²) in [5, 5.41) is 12.6. The number of hydrogen-bond donors (Lipinski definition) is 2. The van der Waals surface area contributed by atoms with E-state index in [1.54, 1.807) is 24.3 Å². The topological polar surface area (TPSA) is 101 Å². The molecule has 7 nitrogen and oxygen atoms in total. The van der Waals surface area contributed by atoms with Crippen molar-refractivity contribution in [2.24, 2.45) is 0 Å². The van der Waals surface area contributed by atoms with Crippen molar-refractivity contribution < 1.29 is 32.6 Å². The van der Waals surface area contributed by atoms with Gasteiger partial charge < -0.3 is 15.2 Å². The van der Waals surface area contributed by atoms with E-state index >= 15 is 0 Å². The molecule has 0 aliphatic rings. The summed E-state index contributed by atoms with van der Waals surface area (Å²) in [6, 6.07) is 9.42. The average molecular weight is 433 g/mol. The number of esters is 1. The maximum Gasteiger partial charge on any atom is 0.416 e. The van der Waals surface area contributed by atoms with Crippen LogP contribution in [0.2, 0.25) is 0 Å². The number of fused-ring (bicyclic) bond motifs is 1. The van der Waals surface area contributed by atoms with Crippen molar-refractivity contribution in [1.82, 2.24) is 15.3 Å². The number of carbonyl (C=O) groups is 2. The molecule has 0 radical (unpaired) electrons. The van der Waals surface area contributed by atoms with Crippen molar-refractivity contribution in [2.75, 3.05) is 7.11 Å². The number of aliphatic hydroxyl groups is 1.